The van der Waals surface area contributed by atoms with Crippen LogP contribution in [-0.4, -0.2) is 23.2 Å². The van der Waals surface area contributed by atoms with Crippen molar-refractivity contribution in [1.82, 2.24) is 5.32 Å². The van der Waals surface area contributed by atoms with Gasteiger partial charge in [0.1, 0.15) is 6.04 Å². The van der Waals surface area contributed by atoms with E-state index < -0.39 is 12.0 Å². The summed E-state index contributed by atoms with van der Waals surface area (Å²) in [5.41, 5.74) is 0. The summed E-state index contributed by atoms with van der Waals surface area (Å²) in [4.78, 5) is 10.5. The molecule has 3 heteroatoms. The van der Waals surface area contributed by atoms with Crippen LogP contribution in [0.25, 0.3) is 0 Å². The lowest BCUT2D eigenvalue weighted by Gasteiger charge is -2.18. The van der Waals surface area contributed by atoms with Gasteiger partial charge in [0, 0.05) is 6.04 Å². The molecule has 1 unspecified atom stereocenters. The number of aliphatic carboxylic acids is 1. The van der Waals surface area contributed by atoms with Crippen LogP contribution >= 0.6 is 0 Å². The molecular formula is C9H19NO2. The lowest BCUT2D eigenvalue weighted by Crippen LogP contribution is -2.40. The van der Waals surface area contributed by atoms with Gasteiger partial charge in [-0.1, -0.05) is 20.3 Å². The van der Waals surface area contributed by atoms with Gasteiger partial charge in [-0.3, -0.25) is 4.79 Å². The molecule has 0 rings (SSSR count). The highest BCUT2D eigenvalue weighted by Crippen LogP contribution is 2.02. The minimum Gasteiger partial charge on any atom is -0.480 e. The van der Waals surface area contributed by atoms with Crippen molar-refractivity contribution in [2.75, 3.05) is 0 Å². The summed E-state index contributed by atoms with van der Waals surface area (Å²) >= 11 is 0. The molecule has 0 spiro atoms. The number of hydrogen-bond acceptors (Lipinski definition) is 2. The molecule has 12 heavy (non-hydrogen) atoms. The molecule has 0 saturated heterocycles. The summed E-state index contributed by atoms with van der Waals surface area (Å²) in [6.07, 6.45) is 3.14. The Kier molecular flexibility index (Phi) is 5.72. The Balaban J connectivity index is 3.76. The quantitative estimate of drug-likeness (QED) is 0.641. The van der Waals surface area contributed by atoms with E-state index in [1.54, 1.807) is 6.92 Å². The lowest BCUT2D eigenvalue weighted by molar-refractivity contribution is -0.139. The maximum Gasteiger partial charge on any atom is 0.320 e. The van der Waals surface area contributed by atoms with Gasteiger partial charge in [0.15, 0.2) is 0 Å². The largest absolute Gasteiger partial charge is 0.480 e. The third-order valence-corrected chi connectivity index (χ3v) is 1.99. The third-order valence-electron chi connectivity index (χ3n) is 1.99. The number of hydrogen-bond donors (Lipinski definition) is 2. The number of rotatable bonds is 6. The predicted molar refractivity (Wildman–Crippen MR) is 49.2 cm³/mol. The molecule has 0 saturated carbocycles. The second kappa shape index (κ2) is 6.00. The van der Waals surface area contributed by atoms with Gasteiger partial charge in [-0.05, 0) is 19.8 Å². The Hall–Kier alpha value is -0.570. The fraction of sp³-hybridized carbons (Fsp3) is 0.889. The fourth-order valence-corrected chi connectivity index (χ4v) is 1.18. The van der Waals surface area contributed by atoms with Gasteiger partial charge in [-0.2, -0.15) is 0 Å². The van der Waals surface area contributed by atoms with E-state index in [9.17, 15) is 4.79 Å². The summed E-state index contributed by atoms with van der Waals surface area (Å²) in [7, 11) is 0. The first kappa shape index (κ1) is 11.4. The first-order valence-electron chi connectivity index (χ1n) is 4.60. The van der Waals surface area contributed by atoms with Crippen molar-refractivity contribution in [1.29, 1.82) is 0 Å². The number of carbonyl (C=O) groups is 1. The molecule has 0 heterocycles. The molecule has 0 fully saturated rings. The summed E-state index contributed by atoms with van der Waals surface area (Å²) in [5, 5.41) is 11.7. The van der Waals surface area contributed by atoms with Crippen molar-refractivity contribution in [2.45, 2.75) is 52.1 Å². The van der Waals surface area contributed by atoms with Crippen molar-refractivity contribution < 1.29 is 9.90 Å². The normalized spacial score (nSPS) is 15.6. The van der Waals surface area contributed by atoms with Gasteiger partial charge >= 0.3 is 5.97 Å². The second-order valence-electron chi connectivity index (χ2n) is 3.12. The van der Waals surface area contributed by atoms with E-state index in [0.717, 1.165) is 19.3 Å². The van der Waals surface area contributed by atoms with Crippen LogP contribution in [-0.2, 0) is 4.79 Å². The highest BCUT2D eigenvalue weighted by atomic mass is 16.4. The van der Waals surface area contributed by atoms with Crippen molar-refractivity contribution in [3.8, 4) is 0 Å². The predicted octanol–water partition coefficient (Wildman–Crippen LogP) is 1.63. The van der Waals surface area contributed by atoms with E-state index in [-0.39, 0.29) is 0 Å². The maximum atomic E-state index is 10.5. The van der Waals surface area contributed by atoms with Gasteiger partial charge in [0.2, 0.25) is 0 Å². The highest BCUT2D eigenvalue weighted by Gasteiger charge is 2.14. The number of nitrogens with one attached hydrogen (secondary N) is 1. The van der Waals surface area contributed by atoms with Crippen LogP contribution < -0.4 is 5.32 Å². The average Bonchev–Trinajstić information content (AvgIpc) is 2.03. The molecule has 72 valence electrons. The average molecular weight is 173 g/mol. The lowest BCUT2D eigenvalue weighted by atomic mass is 10.1. The van der Waals surface area contributed by atoms with Crippen LogP contribution in [0.4, 0.5) is 0 Å². The van der Waals surface area contributed by atoms with Gasteiger partial charge in [-0.15, -0.1) is 0 Å². The molecular weight excluding hydrogens is 154 g/mol. The summed E-state index contributed by atoms with van der Waals surface area (Å²) in [6.45, 7) is 5.86. The van der Waals surface area contributed by atoms with E-state index >= 15 is 0 Å². The van der Waals surface area contributed by atoms with Crippen LogP contribution in [0, 0.1) is 0 Å². The van der Waals surface area contributed by atoms with Crippen molar-refractivity contribution >= 4 is 5.97 Å². The Morgan fingerprint density at radius 3 is 2.42 bits per heavy atom. The zero-order valence-corrected chi connectivity index (χ0v) is 8.13. The molecule has 0 aromatic carbocycles. The molecule has 0 aromatic rings. The Bertz CT molecular complexity index is 136. The minimum atomic E-state index is -0.774. The molecule has 0 bridgehead atoms. The van der Waals surface area contributed by atoms with Crippen LogP contribution in [0.1, 0.15) is 40.0 Å². The van der Waals surface area contributed by atoms with E-state index in [4.69, 9.17) is 5.11 Å². The van der Waals surface area contributed by atoms with Gasteiger partial charge in [-0.25, -0.2) is 0 Å². The summed E-state index contributed by atoms with van der Waals surface area (Å²) in [6, 6.07) is -0.0809. The monoisotopic (exact) mass is 173 g/mol. The SMILES string of the molecule is CCCC(CC)N[C@@H](C)C(=O)O. The Morgan fingerprint density at radius 1 is 1.50 bits per heavy atom. The summed E-state index contributed by atoms with van der Waals surface area (Å²) in [5.74, 6) is -0.774. The molecule has 0 radical (unpaired) electrons. The first-order valence-corrected chi connectivity index (χ1v) is 4.60. The zero-order chi connectivity index (χ0) is 9.56. The third kappa shape index (κ3) is 4.34. The van der Waals surface area contributed by atoms with Crippen LogP contribution in [0.15, 0.2) is 0 Å². The van der Waals surface area contributed by atoms with E-state index in [2.05, 4.69) is 19.2 Å². The Morgan fingerprint density at radius 2 is 2.08 bits per heavy atom. The number of carboxylic acid groups (broad SMARTS) is 1. The second-order valence-corrected chi connectivity index (χ2v) is 3.12. The van der Waals surface area contributed by atoms with E-state index in [1.807, 2.05) is 0 Å². The molecule has 0 aliphatic rings. The van der Waals surface area contributed by atoms with Crippen molar-refractivity contribution in [2.24, 2.45) is 0 Å². The van der Waals surface area contributed by atoms with E-state index in [0.29, 0.717) is 6.04 Å². The zero-order valence-electron chi connectivity index (χ0n) is 8.13. The number of carboxylic acids is 1. The smallest absolute Gasteiger partial charge is 0.320 e. The fourth-order valence-electron chi connectivity index (χ4n) is 1.18. The standard InChI is InChI=1S/C9H19NO2/c1-4-6-8(5-2)10-7(3)9(11)12/h7-8,10H,4-6H2,1-3H3,(H,11,12)/t7-,8?/m0/s1. The van der Waals surface area contributed by atoms with Crippen molar-refractivity contribution in [3.05, 3.63) is 0 Å². The maximum absolute atomic E-state index is 10.5. The van der Waals surface area contributed by atoms with Crippen LogP contribution in [0.2, 0.25) is 0 Å². The van der Waals surface area contributed by atoms with Crippen LogP contribution in [0.5, 0.6) is 0 Å². The highest BCUT2D eigenvalue weighted by molar-refractivity contribution is 5.72. The molecule has 0 aliphatic heterocycles. The van der Waals surface area contributed by atoms with Gasteiger partial charge in [0.05, 0.1) is 0 Å². The first-order chi connectivity index (χ1) is 5.61. The molecule has 2 atom stereocenters. The van der Waals surface area contributed by atoms with Gasteiger partial charge < -0.3 is 10.4 Å². The van der Waals surface area contributed by atoms with E-state index in [1.165, 1.54) is 0 Å². The molecule has 0 aromatic heterocycles. The minimum absolute atomic E-state index is 0.348. The molecule has 2 N–H and O–H groups in total. The molecule has 0 amide bonds. The topological polar surface area (TPSA) is 49.3 Å². The van der Waals surface area contributed by atoms with Crippen LogP contribution in [0.3, 0.4) is 0 Å². The van der Waals surface area contributed by atoms with Crippen molar-refractivity contribution in [3.63, 3.8) is 0 Å². The summed E-state index contributed by atoms with van der Waals surface area (Å²) < 4.78 is 0. The Labute approximate surface area is 74.2 Å². The molecule has 3 nitrogen and oxygen atoms in total. The van der Waals surface area contributed by atoms with Gasteiger partial charge in [0.25, 0.3) is 0 Å². The molecule has 0 aliphatic carbocycles.